The molecule has 0 bridgehead atoms. The van der Waals surface area contributed by atoms with Gasteiger partial charge >= 0.3 is 0 Å². The fraction of sp³-hybridized carbons (Fsp3) is 0.500. The van der Waals surface area contributed by atoms with Crippen molar-refractivity contribution >= 4 is 0 Å². The van der Waals surface area contributed by atoms with Crippen LogP contribution in [-0.2, 0) is 0 Å². The first-order valence-corrected chi connectivity index (χ1v) is 7.04. The molecule has 1 heterocycles. The first-order valence-electron chi connectivity index (χ1n) is 7.04. The molecule has 2 rings (SSSR count). The summed E-state index contributed by atoms with van der Waals surface area (Å²) in [6.07, 6.45) is 0.781. The average molecular weight is 278 g/mol. The Morgan fingerprint density at radius 3 is 2.70 bits per heavy atom. The molecular weight excluding hydrogens is 255 g/mol. The Hall–Kier alpha value is -1.39. The second-order valence-corrected chi connectivity index (χ2v) is 5.35. The number of hydrogen-bond donors (Lipinski definition) is 1. The van der Waals surface area contributed by atoms with Crippen molar-refractivity contribution in [2.24, 2.45) is 0 Å². The fourth-order valence-corrected chi connectivity index (χ4v) is 2.66. The minimum absolute atomic E-state index is 0.0560. The highest BCUT2D eigenvalue weighted by molar-refractivity contribution is 5.31. The molecule has 1 aliphatic heterocycles. The lowest BCUT2D eigenvalue weighted by molar-refractivity contribution is 0.169. The topological polar surface area (TPSA) is 24.5 Å². The van der Waals surface area contributed by atoms with Crippen molar-refractivity contribution in [3.63, 3.8) is 0 Å². The Labute approximate surface area is 120 Å². The van der Waals surface area contributed by atoms with E-state index in [1.54, 1.807) is 7.11 Å². The van der Waals surface area contributed by atoms with Gasteiger partial charge in [0.05, 0.1) is 7.11 Å². The van der Waals surface area contributed by atoms with Crippen LogP contribution in [0.5, 0.6) is 5.75 Å². The molecule has 0 amide bonds. The van der Waals surface area contributed by atoms with Crippen molar-refractivity contribution < 1.29 is 9.13 Å². The van der Waals surface area contributed by atoms with Gasteiger partial charge in [-0.15, -0.1) is 6.58 Å². The molecule has 1 atom stereocenters. The lowest BCUT2D eigenvalue weighted by Gasteiger charge is -2.35. The molecule has 1 aliphatic rings. The molecule has 1 aromatic rings. The zero-order valence-electron chi connectivity index (χ0n) is 12.3. The highest BCUT2D eigenvalue weighted by atomic mass is 19.1. The molecule has 0 unspecified atom stereocenters. The molecule has 110 valence electrons. The van der Waals surface area contributed by atoms with Crippen LogP contribution in [0, 0.1) is 5.82 Å². The summed E-state index contributed by atoms with van der Waals surface area (Å²) in [7, 11) is 1.55. The van der Waals surface area contributed by atoms with Crippen molar-refractivity contribution in [3.8, 4) is 5.75 Å². The number of halogens is 1. The Bertz CT molecular complexity index is 470. The molecule has 0 spiro atoms. The van der Waals surface area contributed by atoms with E-state index in [1.807, 2.05) is 19.1 Å². The van der Waals surface area contributed by atoms with Crippen molar-refractivity contribution in [3.05, 3.63) is 41.7 Å². The van der Waals surface area contributed by atoms with Crippen LogP contribution in [0.25, 0.3) is 0 Å². The summed E-state index contributed by atoms with van der Waals surface area (Å²) >= 11 is 0. The zero-order valence-corrected chi connectivity index (χ0v) is 12.3. The van der Waals surface area contributed by atoms with Gasteiger partial charge in [-0.3, -0.25) is 4.90 Å². The highest BCUT2D eigenvalue weighted by Gasteiger charge is 2.24. The van der Waals surface area contributed by atoms with E-state index < -0.39 is 0 Å². The lowest BCUT2D eigenvalue weighted by atomic mass is 9.97. The third-order valence-corrected chi connectivity index (χ3v) is 3.70. The van der Waals surface area contributed by atoms with E-state index >= 15 is 0 Å². The molecule has 1 N–H and O–H groups in total. The Morgan fingerprint density at radius 1 is 1.45 bits per heavy atom. The summed E-state index contributed by atoms with van der Waals surface area (Å²) in [5.41, 5.74) is 1.81. The summed E-state index contributed by atoms with van der Waals surface area (Å²) in [5, 5.41) is 3.33. The predicted molar refractivity (Wildman–Crippen MR) is 79.6 cm³/mol. The smallest absolute Gasteiger partial charge is 0.131 e. The maximum absolute atomic E-state index is 14.3. The van der Waals surface area contributed by atoms with Gasteiger partial charge in [0.15, 0.2) is 0 Å². The van der Waals surface area contributed by atoms with E-state index in [0.717, 1.165) is 43.7 Å². The molecule has 1 aromatic carbocycles. The third-order valence-electron chi connectivity index (χ3n) is 3.70. The number of methoxy groups -OCH3 is 1. The second kappa shape index (κ2) is 6.86. The molecule has 20 heavy (non-hydrogen) atoms. The number of nitrogens with zero attached hydrogens (tertiary/aromatic N) is 1. The molecule has 1 saturated heterocycles. The maximum atomic E-state index is 14.3. The first kappa shape index (κ1) is 15.0. The van der Waals surface area contributed by atoms with Crippen molar-refractivity contribution in [1.82, 2.24) is 10.2 Å². The molecule has 0 aromatic heterocycles. The SMILES string of the molecule is C=C(C)C[C@H](c1ccc(OC)cc1F)N1CCNCC1. The summed E-state index contributed by atoms with van der Waals surface area (Å²) < 4.78 is 19.4. The van der Waals surface area contributed by atoms with Crippen LogP contribution in [0.15, 0.2) is 30.4 Å². The van der Waals surface area contributed by atoms with Gasteiger partial charge in [0, 0.05) is 43.9 Å². The predicted octanol–water partition coefficient (Wildman–Crippen LogP) is 2.75. The fourth-order valence-electron chi connectivity index (χ4n) is 2.66. The third kappa shape index (κ3) is 3.58. The summed E-state index contributed by atoms with van der Waals surface area (Å²) in [6.45, 7) is 9.75. The zero-order chi connectivity index (χ0) is 14.5. The van der Waals surface area contributed by atoms with Gasteiger partial charge in [-0.2, -0.15) is 0 Å². The molecular formula is C16H23FN2O. The van der Waals surface area contributed by atoms with Crippen LogP contribution in [0.4, 0.5) is 4.39 Å². The van der Waals surface area contributed by atoms with Crippen LogP contribution < -0.4 is 10.1 Å². The van der Waals surface area contributed by atoms with Gasteiger partial charge in [-0.25, -0.2) is 4.39 Å². The average Bonchev–Trinajstić information content (AvgIpc) is 2.45. The number of piperazine rings is 1. The van der Waals surface area contributed by atoms with Crippen LogP contribution in [-0.4, -0.2) is 38.2 Å². The molecule has 1 fully saturated rings. The van der Waals surface area contributed by atoms with E-state index in [-0.39, 0.29) is 11.9 Å². The number of nitrogens with one attached hydrogen (secondary N) is 1. The number of benzene rings is 1. The van der Waals surface area contributed by atoms with E-state index in [0.29, 0.717) is 5.75 Å². The lowest BCUT2D eigenvalue weighted by Crippen LogP contribution is -2.45. The normalized spacial score (nSPS) is 17.8. The minimum Gasteiger partial charge on any atom is -0.497 e. The molecule has 3 nitrogen and oxygen atoms in total. The van der Waals surface area contributed by atoms with Gasteiger partial charge in [0.1, 0.15) is 11.6 Å². The van der Waals surface area contributed by atoms with Crippen molar-refractivity contribution in [2.75, 3.05) is 33.3 Å². The van der Waals surface area contributed by atoms with Crippen molar-refractivity contribution in [2.45, 2.75) is 19.4 Å². The quantitative estimate of drug-likeness (QED) is 0.838. The molecule has 0 radical (unpaired) electrons. The summed E-state index contributed by atoms with van der Waals surface area (Å²) in [6, 6.07) is 5.18. The van der Waals surface area contributed by atoms with E-state index in [2.05, 4.69) is 16.8 Å². The van der Waals surface area contributed by atoms with Crippen LogP contribution in [0.2, 0.25) is 0 Å². The monoisotopic (exact) mass is 278 g/mol. The van der Waals surface area contributed by atoms with Gasteiger partial charge in [0.25, 0.3) is 0 Å². The molecule has 4 heteroatoms. The second-order valence-electron chi connectivity index (χ2n) is 5.35. The number of rotatable bonds is 5. The maximum Gasteiger partial charge on any atom is 0.131 e. The van der Waals surface area contributed by atoms with Gasteiger partial charge in [0.2, 0.25) is 0 Å². The van der Waals surface area contributed by atoms with Crippen LogP contribution in [0.1, 0.15) is 24.9 Å². The van der Waals surface area contributed by atoms with E-state index in [4.69, 9.17) is 4.74 Å². The number of hydrogen-bond acceptors (Lipinski definition) is 3. The minimum atomic E-state index is -0.200. The van der Waals surface area contributed by atoms with Crippen molar-refractivity contribution in [1.29, 1.82) is 0 Å². The molecule has 0 aliphatic carbocycles. The standard InChI is InChI=1S/C16H23FN2O/c1-12(2)10-16(19-8-6-18-7-9-19)14-5-4-13(20-3)11-15(14)17/h4-5,11,16,18H,1,6-10H2,2-3H3/t16-/m1/s1. The summed E-state index contributed by atoms with van der Waals surface area (Å²) in [4.78, 5) is 2.33. The summed E-state index contributed by atoms with van der Waals surface area (Å²) in [5.74, 6) is 0.356. The van der Waals surface area contributed by atoms with Gasteiger partial charge in [-0.1, -0.05) is 11.6 Å². The molecule has 0 saturated carbocycles. The van der Waals surface area contributed by atoms with E-state index in [1.165, 1.54) is 6.07 Å². The van der Waals surface area contributed by atoms with Gasteiger partial charge in [-0.05, 0) is 19.4 Å². The number of ether oxygens (including phenoxy) is 1. The largest absolute Gasteiger partial charge is 0.497 e. The van der Waals surface area contributed by atoms with Crippen LogP contribution in [0.3, 0.4) is 0 Å². The van der Waals surface area contributed by atoms with E-state index in [9.17, 15) is 4.39 Å². The first-order chi connectivity index (χ1) is 9.61. The Balaban J connectivity index is 2.27. The van der Waals surface area contributed by atoms with Gasteiger partial charge < -0.3 is 10.1 Å². The highest BCUT2D eigenvalue weighted by Crippen LogP contribution is 2.31. The Morgan fingerprint density at radius 2 is 2.15 bits per heavy atom. The van der Waals surface area contributed by atoms with Crippen LogP contribution >= 0.6 is 0 Å². The Kier molecular flexibility index (Phi) is 5.15.